The van der Waals surface area contributed by atoms with Crippen LogP contribution in [0.4, 0.5) is 0 Å². The Morgan fingerprint density at radius 2 is 2.05 bits per heavy atom. The van der Waals surface area contributed by atoms with E-state index in [1.165, 1.54) is 4.88 Å². The standard InChI is InChI=1S/C16H16ClN3S/c1-12(15-7-8-16(17)21-15)18-9-13-10-19-20(11-13)14-5-3-2-4-6-14/h2-8,10-12,18H,9H2,1H3. The van der Waals surface area contributed by atoms with Gasteiger partial charge in [0.15, 0.2) is 0 Å². The molecule has 1 N–H and O–H groups in total. The molecule has 0 saturated carbocycles. The lowest BCUT2D eigenvalue weighted by molar-refractivity contribution is 0.583. The third-order valence-electron chi connectivity index (χ3n) is 3.29. The molecule has 0 aliphatic carbocycles. The maximum absolute atomic E-state index is 5.97. The van der Waals surface area contributed by atoms with Crippen LogP contribution in [-0.4, -0.2) is 9.78 Å². The second kappa shape index (κ2) is 6.43. The Morgan fingerprint density at radius 3 is 2.76 bits per heavy atom. The van der Waals surface area contributed by atoms with E-state index in [0.717, 1.165) is 22.1 Å². The molecule has 2 heterocycles. The molecule has 0 radical (unpaired) electrons. The van der Waals surface area contributed by atoms with E-state index in [0.29, 0.717) is 0 Å². The van der Waals surface area contributed by atoms with Gasteiger partial charge in [-0.05, 0) is 31.2 Å². The fourth-order valence-electron chi connectivity index (χ4n) is 2.11. The first kappa shape index (κ1) is 14.3. The number of rotatable bonds is 5. The van der Waals surface area contributed by atoms with Crippen LogP contribution < -0.4 is 5.32 Å². The number of benzene rings is 1. The van der Waals surface area contributed by atoms with Crippen LogP contribution in [0.5, 0.6) is 0 Å². The smallest absolute Gasteiger partial charge is 0.0931 e. The first-order valence-corrected chi connectivity index (χ1v) is 7.99. The minimum atomic E-state index is 0.280. The van der Waals surface area contributed by atoms with E-state index in [-0.39, 0.29) is 6.04 Å². The van der Waals surface area contributed by atoms with Crippen molar-refractivity contribution in [2.24, 2.45) is 0 Å². The molecule has 108 valence electrons. The molecule has 0 bridgehead atoms. The van der Waals surface area contributed by atoms with Crippen LogP contribution in [0.15, 0.2) is 54.9 Å². The summed E-state index contributed by atoms with van der Waals surface area (Å²) in [5.74, 6) is 0. The Morgan fingerprint density at radius 1 is 1.24 bits per heavy atom. The Labute approximate surface area is 133 Å². The summed E-state index contributed by atoms with van der Waals surface area (Å²) in [4.78, 5) is 1.25. The highest BCUT2D eigenvalue weighted by atomic mass is 35.5. The number of nitrogens with zero attached hydrogens (tertiary/aromatic N) is 2. The topological polar surface area (TPSA) is 29.9 Å². The molecular formula is C16H16ClN3S. The van der Waals surface area contributed by atoms with Gasteiger partial charge >= 0.3 is 0 Å². The highest BCUT2D eigenvalue weighted by molar-refractivity contribution is 7.16. The van der Waals surface area contributed by atoms with E-state index in [1.807, 2.05) is 47.3 Å². The molecule has 3 nitrogen and oxygen atoms in total. The summed E-state index contributed by atoms with van der Waals surface area (Å²) < 4.78 is 2.72. The molecule has 3 rings (SSSR count). The number of nitrogens with one attached hydrogen (secondary N) is 1. The van der Waals surface area contributed by atoms with Gasteiger partial charge in [-0.15, -0.1) is 11.3 Å². The predicted molar refractivity (Wildman–Crippen MR) is 88.1 cm³/mol. The van der Waals surface area contributed by atoms with Crippen LogP contribution in [0.2, 0.25) is 4.34 Å². The Bertz CT molecular complexity index is 705. The van der Waals surface area contributed by atoms with Gasteiger partial charge in [0.05, 0.1) is 16.2 Å². The van der Waals surface area contributed by atoms with Crippen LogP contribution in [0.25, 0.3) is 5.69 Å². The molecule has 1 unspecified atom stereocenters. The second-order valence-electron chi connectivity index (χ2n) is 4.87. The zero-order chi connectivity index (χ0) is 14.7. The van der Waals surface area contributed by atoms with E-state index in [9.17, 15) is 0 Å². The molecule has 0 aliphatic rings. The van der Waals surface area contributed by atoms with Gasteiger partial charge in [0.2, 0.25) is 0 Å². The van der Waals surface area contributed by atoms with E-state index >= 15 is 0 Å². The lowest BCUT2D eigenvalue weighted by Gasteiger charge is -2.10. The first-order chi connectivity index (χ1) is 10.2. The Balaban J connectivity index is 1.63. The molecule has 5 heteroatoms. The molecule has 0 aliphatic heterocycles. The average molecular weight is 318 g/mol. The van der Waals surface area contributed by atoms with E-state index in [2.05, 4.69) is 29.6 Å². The van der Waals surface area contributed by atoms with Gasteiger partial charge < -0.3 is 5.32 Å². The lowest BCUT2D eigenvalue weighted by Crippen LogP contribution is -2.16. The number of para-hydroxylation sites is 1. The fraction of sp³-hybridized carbons (Fsp3) is 0.188. The number of hydrogen-bond donors (Lipinski definition) is 1. The molecule has 1 aromatic carbocycles. The normalized spacial score (nSPS) is 12.5. The van der Waals surface area contributed by atoms with Gasteiger partial charge in [-0.3, -0.25) is 0 Å². The SMILES string of the molecule is CC(NCc1cnn(-c2ccccc2)c1)c1ccc(Cl)s1. The summed E-state index contributed by atoms with van der Waals surface area (Å²) in [6, 6.07) is 14.4. The lowest BCUT2D eigenvalue weighted by atomic mass is 10.2. The van der Waals surface area contributed by atoms with Gasteiger partial charge in [0.1, 0.15) is 0 Å². The van der Waals surface area contributed by atoms with Gasteiger partial charge in [0, 0.05) is 29.2 Å². The Kier molecular flexibility index (Phi) is 4.39. The molecule has 0 amide bonds. The van der Waals surface area contributed by atoms with Crippen molar-refractivity contribution in [2.45, 2.75) is 19.5 Å². The third kappa shape index (κ3) is 3.53. The highest BCUT2D eigenvalue weighted by Gasteiger charge is 2.08. The number of halogens is 1. The van der Waals surface area contributed by atoms with Crippen molar-refractivity contribution in [3.8, 4) is 5.69 Å². The van der Waals surface area contributed by atoms with Crippen molar-refractivity contribution in [2.75, 3.05) is 0 Å². The molecule has 0 fully saturated rings. The van der Waals surface area contributed by atoms with Gasteiger partial charge in [-0.25, -0.2) is 4.68 Å². The summed E-state index contributed by atoms with van der Waals surface area (Å²) in [7, 11) is 0. The third-order valence-corrected chi connectivity index (χ3v) is 4.70. The van der Waals surface area contributed by atoms with Crippen molar-refractivity contribution in [1.29, 1.82) is 0 Å². The molecule has 1 atom stereocenters. The molecule has 21 heavy (non-hydrogen) atoms. The largest absolute Gasteiger partial charge is 0.305 e. The summed E-state index contributed by atoms with van der Waals surface area (Å²) in [6.07, 6.45) is 3.95. The van der Waals surface area contributed by atoms with Gasteiger partial charge in [-0.1, -0.05) is 29.8 Å². The maximum atomic E-state index is 5.97. The van der Waals surface area contributed by atoms with E-state index in [1.54, 1.807) is 11.3 Å². The van der Waals surface area contributed by atoms with Crippen LogP contribution in [-0.2, 0) is 6.54 Å². The fourth-order valence-corrected chi connectivity index (χ4v) is 3.19. The van der Waals surface area contributed by atoms with E-state index in [4.69, 9.17) is 11.6 Å². The van der Waals surface area contributed by atoms with Crippen molar-refractivity contribution in [3.05, 3.63) is 69.6 Å². The zero-order valence-electron chi connectivity index (χ0n) is 11.7. The predicted octanol–water partition coefficient (Wildman–Crippen LogP) is 4.44. The quantitative estimate of drug-likeness (QED) is 0.754. The monoisotopic (exact) mass is 317 g/mol. The maximum Gasteiger partial charge on any atom is 0.0931 e. The van der Waals surface area contributed by atoms with Crippen LogP contribution >= 0.6 is 22.9 Å². The summed E-state index contributed by atoms with van der Waals surface area (Å²) in [5.41, 5.74) is 2.23. The molecule has 3 aromatic rings. The minimum absolute atomic E-state index is 0.280. The second-order valence-corrected chi connectivity index (χ2v) is 6.62. The molecule has 0 spiro atoms. The minimum Gasteiger partial charge on any atom is -0.305 e. The highest BCUT2D eigenvalue weighted by Crippen LogP contribution is 2.26. The number of hydrogen-bond acceptors (Lipinski definition) is 3. The summed E-state index contributed by atoms with van der Waals surface area (Å²) >= 11 is 7.59. The number of aromatic nitrogens is 2. The average Bonchev–Trinajstić information content (AvgIpc) is 3.15. The molecule has 2 aromatic heterocycles. The van der Waals surface area contributed by atoms with Crippen molar-refractivity contribution < 1.29 is 0 Å². The number of thiophene rings is 1. The van der Waals surface area contributed by atoms with Crippen molar-refractivity contribution in [1.82, 2.24) is 15.1 Å². The van der Waals surface area contributed by atoms with Crippen molar-refractivity contribution in [3.63, 3.8) is 0 Å². The van der Waals surface area contributed by atoms with Crippen LogP contribution in [0.3, 0.4) is 0 Å². The zero-order valence-corrected chi connectivity index (χ0v) is 13.2. The van der Waals surface area contributed by atoms with Crippen LogP contribution in [0.1, 0.15) is 23.4 Å². The summed E-state index contributed by atoms with van der Waals surface area (Å²) in [6.45, 7) is 2.92. The van der Waals surface area contributed by atoms with Gasteiger partial charge in [-0.2, -0.15) is 5.10 Å². The molecular weight excluding hydrogens is 302 g/mol. The van der Waals surface area contributed by atoms with Crippen LogP contribution in [0, 0.1) is 0 Å². The van der Waals surface area contributed by atoms with E-state index < -0.39 is 0 Å². The Hall–Kier alpha value is -1.62. The van der Waals surface area contributed by atoms with Crippen molar-refractivity contribution >= 4 is 22.9 Å². The molecule has 0 saturated heterocycles. The first-order valence-electron chi connectivity index (χ1n) is 6.80. The summed E-state index contributed by atoms with van der Waals surface area (Å²) in [5, 5.41) is 7.89. The van der Waals surface area contributed by atoms with Gasteiger partial charge in [0.25, 0.3) is 0 Å².